The van der Waals surface area contributed by atoms with Gasteiger partial charge in [0.25, 0.3) is 6.02 Å². The van der Waals surface area contributed by atoms with Crippen molar-refractivity contribution < 1.29 is 8.39 Å². The Morgan fingerprint density at radius 1 is 2.00 bits per heavy atom. The monoisotopic (exact) mass is 108 g/mol. The minimum Gasteiger partial charge on any atom is -0.367 e. The van der Waals surface area contributed by atoms with Gasteiger partial charge in [0.1, 0.15) is 0 Å². The Bertz CT molecular complexity index is 71.9. The number of amidine groups is 1. The summed E-state index contributed by atoms with van der Waals surface area (Å²) in [5.41, 5.74) is 4.56. The molecule has 6 heavy (non-hydrogen) atoms. The summed E-state index contributed by atoms with van der Waals surface area (Å²) in [4.78, 5) is 0. The fraction of sp³-hybridized carbons (Fsp3) is 0. The van der Waals surface area contributed by atoms with Gasteiger partial charge in [-0.15, -0.1) is 0 Å². The van der Waals surface area contributed by atoms with Crippen LogP contribution in [0.3, 0.4) is 0 Å². The lowest BCUT2D eigenvalue weighted by Gasteiger charge is -1.83. The summed E-state index contributed by atoms with van der Waals surface area (Å²) in [6.45, 7) is 0. The molecule has 0 unspecified atom stereocenters. The van der Waals surface area contributed by atoms with Crippen molar-refractivity contribution in [1.82, 2.24) is 0 Å². The van der Waals surface area contributed by atoms with Crippen LogP contribution in [0.1, 0.15) is 0 Å². The Labute approximate surface area is 38.5 Å². The number of rotatable bonds is 1. The van der Waals surface area contributed by atoms with Crippen molar-refractivity contribution in [3.63, 3.8) is 0 Å². The van der Waals surface area contributed by atoms with Crippen molar-refractivity contribution in [2.45, 2.75) is 0 Å². The summed E-state index contributed by atoms with van der Waals surface area (Å²) in [7, 11) is 0. The van der Waals surface area contributed by atoms with E-state index in [1.807, 2.05) is 0 Å². The summed E-state index contributed by atoms with van der Waals surface area (Å²) in [6.07, 6.45) is 0. The van der Waals surface area contributed by atoms with Crippen molar-refractivity contribution in [1.29, 1.82) is 5.41 Å². The van der Waals surface area contributed by atoms with Crippen LogP contribution >= 0.6 is 0 Å². The van der Waals surface area contributed by atoms with Gasteiger partial charge in [-0.05, 0) is 0 Å². The summed E-state index contributed by atoms with van der Waals surface area (Å²) in [5.74, 6) is 0. The molecule has 0 aliphatic heterocycles. The molecule has 0 atom stereocenters. The molecule has 0 spiro atoms. The second kappa shape index (κ2) is 2.65. The first-order chi connectivity index (χ1) is 2.77. The molecule has 36 valence electrons. The molecule has 0 amide bonds. The lowest BCUT2D eigenvalue weighted by atomic mass is 11.3. The maximum atomic E-state index is 9.27. The van der Waals surface area contributed by atoms with Crippen LogP contribution in [0.5, 0.6) is 0 Å². The van der Waals surface area contributed by atoms with Gasteiger partial charge < -0.3 is 9.92 Å². The van der Waals surface area contributed by atoms with Crippen LogP contribution in [-0.2, 0) is 16.1 Å². The zero-order valence-electron chi connectivity index (χ0n) is 2.84. The highest BCUT2D eigenvalue weighted by atomic mass is 32.2. The van der Waals surface area contributed by atoms with Gasteiger partial charge in [0.2, 0.25) is 0 Å². The predicted octanol–water partition coefficient (Wildman–Crippen LogP) is -1.24. The maximum absolute atomic E-state index is 9.27. The summed E-state index contributed by atoms with van der Waals surface area (Å²) in [5, 5.41) is 6.24. The molecule has 0 fully saturated rings. The highest BCUT2D eigenvalue weighted by Gasteiger charge is 1.76. The van der Waals surface area contributed by atoms with Gasteiger partial charge in [0.05, 0.1) is 0 Å². The molecule has 0 aromatic rings. The van der Waals surface area contributed by atoms with E-state index in [1.54, 1.807) is 0 Å². The normalized spacial score (nSPS) is 7.33. The van der Waals surface area contributed by atoms with E-state index in [4.69, 9.17) is 5.41 Å². The molecule has 0 bridgehead atoms. The number of hydrogen-bond acceptors (Lipinski definition) is 3. The molecule has 0 aliphatic carbocycles. The lowest BCUT2D eigenvalue weighted by molar-refractivity contribution is 0.568. The lowest BCUT2D eigenvalue weighted by Crippen LogP contribution is -2.10. The predicted molar refractivity (Wildman–Crippen MR) is 22.5 cm³/mol. The Hall–Kier alpha value is -0.580. The third-order valence-corrected chi connectivity index (χ3v) is 0.407. The molecule has 0 saturated heterocycles. The quantitative estimate of drug-likeness (QED) is 0.223. The Morgan fingerprint density at radius 3 is 2.50 bits per heavy atom. The molecule has 0 rings (SSSR count). The molecule has 0 heterocycles. The Balaban J connectivity index is 3.05. The largest absolute Gasteiger partial charge is 0.367 e. The van der Waals surface area contributed by atoms with Gasteiger partial charge >= 0.3 is 0 Å². The van der Waals surface area contributed by atoms with E-state index in [1.165, 1.54) is 0 Å². The van der Waals surface area contributed by atoms with Crippen LogP contribution in [0.25, 0.3) is 0 Å². The van der Waals surface area contributed by atoms with E-state index in [0.717, 1.165) is 0 Å². The number of hydrogen-bond donors (Lipinski definition) is 3. The van der Waals surface area contributed by atoms with E-state index >= 15 is 0 Å². The Morgan fingerprint density at radius 2 is 2.50 bits per heavy atom. The fourth-order valence-corrected chi connectivity index (χ4v) is 0.120. The first-order valence-electron chi connectivity index (χ1n) is 1.11. The van der Waals surface area contributed by atoms with Crippen molar-refractivity contribution in [3.8, 4) is 0 Å². The standard InChI is InChI=1S/CH4N2O2S/c2-1(3)5-6-4/h6H,(H3,2,3). The second-order valence-electron chi connectivity index (χ2n) is 0.530. The van der Waals surface area contributed by atoms with E-state index in [9.17, 15) is 4.21 Å². The summed E-state index contributed by atoms with van der Waals surface area (Å²) < 4.78 is 13.1. The van der Waals surface area contributed by atoms with E-state index < -0.39 is 18.0 Å². The third kappa shape index (κ3) is 3.42. The van der Waals surface area contributed by atoms with Crippen LogP contribution in [0.2, 0.25) is 0 Å². The van der Waals surface area contributed by atoms with E-state index in [0.29, 0.717) is 0 Å². The molecule has 3 N–H and O–H groups in total. The Kier molecular flexibility index (Phi) is 2.39. The van der Waals surface area contributed by atoms with Crippen LogP contribution in [-0.4, -0.2) is 10.2 Å². The highest BCUT2D eigenvalue weighted by Crippen LogP contribution is 1.58. The van der Waals surface area contributed by atoms with Crippen LogP contribution < -0.4 is 5.73 Å². The van der Waals surface area contributed by atoms with Gasteiger partial charge in [0, 0.05) is 0 Å². The van der Waals surface area contributed by atoms with Crippen LogP contribution in [0, 0.1) is 5.41 Å². The van der Waals surface area contributed by atoms with E-state index in [-0.39, 0.29) is 0 Å². The van der Waals surface area contributed by atoms with Gasteiger partial charge in [-0.25, -0.2) is 4.21 Å². The van der Waals surface area contributed by atoms with E-state index in [2.05, 4.69) is 9.92 Å². The molecule has 0 saturated carbocycles. The second-order valence-corrected chi connectivity index (χ2v) is 0.862. The van der Waals surface area contributed by atoms with Crippen molar-refractivity contribution >= 4 is 18.0 Å². The fourth-order valence-electron chi connectivity index (χ4n) is 0.0402. The molecule has 4 nitrogen and oxygen atoms in total. The molecule has 5 heteroatoms. The van der Waals surface area contributed by atoms with Gasteiger partial charge in [0.15, 0.2) is 11.9 Å². The number of nitrogens with two attached hydrogens (primary N) is 1. The minimum absolute atomic E-state index is 0.535. The average molecular weight is 108 g/mol. The first kappa shape index (κ1) is 5.42. The minimum atomic E-state index is -0.576. The van der Waals surface area contributed by atoms with Crippen molar-refractivity contribution in [3.05, 3.63) is 0 Å². The van der Waals surface area contributed by atoms with Gasteiger partial charge in [-0.2, -0.15) is 0 Å². The average Bonchev–Trinajstić information content (AvgIpc) is 1.35. The van der Waals surface area contributed by atoms with Crippen LogP contribution in [0.15, 0.2) is 0 Å². The molecule has 0 aliphatic rings. The van der Waals surface area contributed by atoms with Gasteiger partial charge in [-0.3, -0.25) is 5.41 Å². The first-order valence-corrected chi connectivity index (χ1v) is 1.84. The molecular formula is CH4N2O2S. The van der Waals surface area contributed by atoms with Crippen LogP contribution in [0.4, 0.5) is 0 Å². The molecular weight excluding hydrogens is 104 g/mol. The van der Waals surface area contributed by atoms with Crippen molar-refractivity contribution in [2.75, 3.05) is 0 Å². The topological polar surface area (TPSA) is 76.2 Å². The number of thiol groups is 1. The third-order valence-electron chi connectivity index (χ3n) is 0.136. The summed E-state index contributed by atoms with van der Waals surface area (Å²) in [6, 6.07) is -0.535. The zero-order valence-corrected chi connectivity index (χ0v) is 3.74. The zero-order chi connectivity index (χ0) is 4.99. The number of nitrogens with one attached hydrogen (secondary N) is 1. The smallest absolute Gasteiger partial charge is 0.294 e. The molecule has 0 aromatic heterocycles. The van der Waals surface area contributed by atoms with Crippen molar-refractivity contribution in [2.24, 2.45) is 5.73 Å². The molecule has 0 aromatic carbocycles. The highest BCUT2D eigenvalue weighted by molar-refractivity contribution is 7.60. The molecule has 0 radical (unpaired) electrons. The van der Waals surface area contributed by atoms with Gasteiger partial charge in [-0.1, -0.05) is 0 Å². The maximum Gasteiger partial charge on any atom is 0.294 e. The SMILES string of the molecule is N=C(N)O[SH]=O. The summed E-state index contributed by atoms with van der Waals surface area (Å²) >= 11 is -0.576.